The Kier molecular flexibility index (Phi) is 4.51. The van der Waals surface area contributed by atoms with Gasteiger partial charge >= 0.3 is 0 Å². The average molecular weight is 234 g/mol. The fourth-order valence-corrected chi connectivity index (χ4v) is 3.73. The van der Waals surface area contributed by atoms with Crippen LogP contribution in [-0.2, 0) is 0 Å². The van der Waals surface area contributed by atoms with Crippen LogP contribution >= 0.6 is 0 Å². The summed E-state index contributed by atoms with van der Waals surface area (Å²) in [6, 6.07) is 10.9. The molecule has 0 aliphatic carbocycles. The van der Waals surface area contributed by atoms with Gasteiger partial charge in [0.25, 0.3) is 0 Å². The SMILES string of the molecule is C=CC(C[Si](C)(C)C)C(O)c1ccccc1. The molecule has 0 heterocycles. The van der Waals surface area contributed by atoms with Gasteiger partial charge < -0.3 is 5.11 Å². The van der Waals surface area contributed by atoms with Gasteiger partial charge in [0.2, 0.25) is 0 Å². The lowest BCUT2D eigenvalue weighted by Gasteiger charge is -2.26. The average Bonchev–Trinajstić information content (AvgIpc) is 2.25. The van der Waals surface area contributed by atoms with E-state index in [9.17, 15) is 5.11 Å². The van der Waals surface area contributed by atoms with E-state index in [2.05, 4.69) is 26.2 Å². The summed E-state index contributed by atoms with van der Waals surface area (Å²) in [6.07, 6.45) is 1.49. The van der Waals surface area contributed by atoms with Gasteiger partial charge in [0.05, 0.1) is 6.10 Å². The van der Waals surface area contributed by atoms with Gasteiger partial charge in [-0.1, -0.05) is 56.0 Å². The maximum atomic E-state index is 10.3. The fourth-order valence-electron chi connectivity index (χ4n) is 1.93. The molecule has 1 aromatic rings. The van der Waals surface area contributed by atoms with E-state index in [0.29, 0.717) is 0 Å². The second kappa shape index (κ2) is 5.46. The Hall–Kier alpha value is -0.863. The summed E-state index contributed by atoms with van der Waals surface area (Å²) in [6.45, 7) is 10.8. The third-order valence-corrected chi connectivity index (χ3v) is 4.39. The van der Waals surface area contributed by atoms with Crippen molar-refractivity contribution in [1.29, 1.82) is 0 Å². The molecule has 0 amide bonds. The summed E-state index contributed by atoms with van der Waals surface area (Å²) in [4.78, 5) is 0. The first-order valence-electron chi connectivity index (χ1n) is 5.79. The molecule has 1 N–H and O–H groups in total. The number of hydrogen-bond acceptors (Lipinski definition) is 1. The third kappa shape index (κ3) is 3.95. The Bertz CT molecular complexity index is 326. The van der Waals surface area contributed by atoms with Crippen molar-refractivity contribution in [2.24, 2.45) is 5.92 Å². The Balaban J connectivity index is 2.78. The minimum absolute atomic E-state index is 0.175. The van der Waals surface area contributed by atoms with Gasteiger partial charge in [0.15, 0.2) is 0 Å². The number of aliphatic hydroxyl groups excluding tert-OH is 1. The van der Waals surface area contributed by atoms with Crippen molar-refractivity contribution in [1.82, 2.24) is 0 Å². The van der Waals surface area contributed by atoms with Crippen LogP contribution < -0.4 is 0 Å². The molecule has 0 fully saturated rings. The monoisotopic (exact) mass is 234 g/mol. The summed E-state index contributed by atoms with van der Waals surface area (Å²) >= 11 is 0. The van der Waals surface area contributed by atoms with Crippen LogP contribution in [0.2, 0.25) is 25.7 Å². The molecular weight excluding hydrogens is 212 g/mol. The molecule has 1 nitrogen and oxygen atoms in total. The quantitative estimate of drug-likeness (QED) is 0.606. The molecule has 1 rings (SSSR count). The zero-order valence-electron chi connectivity index (χ0n) is 10.5. The van der Waals surface area contributed by atoms with Crippen molar-refractivity contribution in [2.75, 3.05) is 0 Å². The molecule has 0 radical (unpaired) electrons. The summed E-state index contributed by atoms with van der Waals surface area (Å²) in [5, 5.41) is 10.3. The molecule has 16 heavy (non-hydrogen) atoms. The predicted molar refractivity (Wildman–Crippen MR) is 73.2 cm³/mol. The van der Waals surface area contributed by atoms with Gasteiger partial charge in [-0.15, -0.1) is 6.58 Å². The minimum atomic E-state index is -1.17. The van der Waals surface area contributed by atoms with Crippen molar-refractivity contribution in [3.63, 3.8) is 0 Å². The van der Waals surface area contributed by atoms with Crippen LogP contribution in [0, 0.1) is 5.92 Å². The van der Waals surface area contributed by atoms with Crippen molar-refractivity contribution < 1.29 is 5.11 Å². The van der Waals surface area contributed by atoms with Gasteiger partial charge in [0, 0.05) is 14.0 Å². The number of hydrogen-bond donors (Lipinski definition) is 1. The maximum Gasteiger partial charge on any atom is 0.0849 e. The summed E-state index contributed by atoms with van der Waals surface area (Å²) in [5.74, 6) is 0.175. The Morgan fingerprint density at radius 1 is 1.25 bits per heavy atom. The third-order valence-electron chi connectivity index (χ3n) is 2.70. The van der Waals surface area contributed by atoms with Gasteiger partial charge in [-0.2, -0.15) is 0 Å². The van der Waals surface area contributed by atoms with Crippen LogP contribution in [0.5, 0.6) is 0 Å². The van der Waals surface area contributed by atoms with Crippen molar-refractivity contribution in [3.05, 3.63) is 48.6 Å². The lowest BCUT2D eigenvalue weighted by molar-refractivity contribution is 0.139. The molecule has 0 saturated heterocycles. The first-order valence-corrected chi connectivity index (χ1v) is 9.50. The maximum absolute atomic E-state index is 10.3. The highest BCUT2D eigenvalue weighted by Gasteiger charge is 2.24. The highest BCUT2D eigenvalue weighted by atomic mass is 28.3. The first kappa shape index (κ1) is 13.2. The molecular formula is C14H22OSi. The first-order chi connectivity index (χ1) is 7.44. The van der Waals surface area contributed by atoms with Crippen molar-refractivity contribution in [2.45, 2.75) is 31.8 Å². The van der Waals surface area contributed by atoms with Crippen LogP contribution in [0.15, 0.2) is 43.0 Å². The Morgan fingerprint density at radius 3 is 2.25 bits per heavy atom. The number of aliphatic hydroxyl groups is 1. The molecule has 88 valence electrons. The highest BCUT2D eigenvalue weighted by molar-refractivity contribution is 6.76. The van der Waals surface area contributed by atoms with Crippen molar-refractivity contribution >= 4 is 8.07 Å². The second-order valence-electron chi connectivity index (χ2n) is 5.52. The topological polar surface area (TPSA) is 20.2 Å². The molecule has 1 aromatic carbocycles. The molecule has 0 aliphatic rings. The Morgan fingerprint density at radius 2 is 1.81 bits per heavy atom. The molecule has 0 spiro atoms. The van der Waals surface area contributed by atoms with E-state index in [1.165, 1.54) is 0 Å². The van der Waals surface area contributed by atoms with Crippen molar-refractivity contribution in [3.8, 4) is 0 Å². The van der Waals surface area contributed by atoms with E-state index in [4.69, 9.17) is 0 Å². The van der Waals surface area contributed by atoms with Crippen LogP contribution in [-0.4, -0.2) is 13.2 Å². The Labute approximate surface area is 99.8 Å². The lowest BCUT2D eigenvalue weighted by Crippen LogP contribution is -2.26. The van der Waals surface area contributed by atoms with Gasteiger partial charge in [-0.05, 0) is 11.6 Å². The summed E-state index contributed by atoms with van der Waals surface area (Å²) < 4.78 is 0. The van der Waals surface area contributed by atoms with Crippen LogP contribution in [0.4, 0.5) is 0 Å². The molecule has 2 heteroatoms. The molecule has 0 aromatic heterocycles. The number of rotatable bonds is 5. The molecule has 2 unspecified atom stereocenters. The normalized spacial score (nSPS) is 15.5. The van der Waals surface area contributed by atoms with Crippen LogP contribution in [0.1, 0.15) is 11.7 Å². The van der Waals surface area contributed by atoms with Gasteiger partial charge in [-0.3, -0.25) is 0 Å². The zero-order chi connectivity index (χ0) is 12.2. The molecule has 0 aliphatic heterocycles. The predicted octanol–water partition coefficient (Wildman–Crippen LogP) is 3.86. The largest absolute Gasteiger partial charge is 0.388 e. The van der Waals surface area contributed by atoms with E-state index in [1.807, 2.05) is 36.4 Å². The fraction of sp³-hybridized carbons (Fsp3) is 0.429. The number of benzene rings is 1. The van der Waals surface area contributed by atoms with Gasteiger partial charge in [-0.25, -0.2) is 0 Å². The summed E-state index contributed by atoms with van der Waals surface area (Å²) in [7, 11) is -1.17. The second-order valence-corrected chi connectivity index (χ2v) is 11.0. The van der Waals surface area contributed by atoms with E-state index >= 15 is 0 Å². The van der Waals surface area contributed by atoms with E-state index in [0.717, 1.165) is 11.6 Å². The zero-order valence-corrected chi connectivity index (χ0v) is 11.5. The van der Waals surface area contributed by atoms with E-state index in [-0.39, 0.29) is 5.92 Å². The van der Waals surface area contributed by atoms with Gasteiger partial charge in [0.1, 0.15) is 0 Å². The van der Waals surface area contributed by atoms with Crippen LogP contribution in [0.3, 0.4) is 0 Å². The van der Waals surface area contributed by atoms with Crippen LogP contribution in [0.25, 0.3) is 0 Å². The molecule has 0 saturated carbocycles. The molecule has 2 atom stereocenters. The molecule has 0 bridgehead atoms. The smallest absolute Gasteiger partial charge is 0.0849 e. The minimum Gasteiger partial charge on any atom is -0.388 e. The summed E-state index contributed by atoms with van der Waals surface area (Å²) in [5.41, 5.74) is 0.991. The highest BCUT2D eigenvalue weighted by Crippen LogP contribution is 2.29. The lowest BCUT2D eigenvalue weighted by atomic mass is 9.97. The standard InChI is InChI=1S/C14H22OSi/c1-5-12(11-16(2,3)4)14(15)13-9-7-6-8-10-13/h5-10,12,14-15H,1,11H2,2-4H3. The van der Waals surface area contributed by atoms with E-state index in [1.54, 1.807) is 0 Å². The van der Waals surface area contributed by atoms with E-state index < -0.39 is 14.2 Å².